The Balaban J connectivity index is 2.15. The lowest BCUT2D eigenvalue weighted by atomic mass is 10.1. The molecule has 1 aromatic carbocycles. The minimum atomic E-state index is 0.559. The summed E-state index contributed by atoms with van der Waals surface area (Å²) < 4.78 is 0. The molecule has 2 aromatic rings. The maximum atomic E-state index is 5.99. The Labute approximate surface area is 119 Å². The smallest absolute Gasteiger partial charge is 0.141 e. The maximum Gasteiger partial charge on any atom is 0.141 e. The summed E-state index contributed by atoms with van der Waals surface area (Å²) in [5.41, 5.74) is 9.31. The van der Waals surface area contributed by atoms with Crippen LogP contribution in [0.25, 0.3) is 0 Å². The van der Waals surface area contributed by atoms with Gasteiger partial charge in [-0.15, -0.1) is 0 Å². The fourth-order valence-electron chi connectivity index (χ4n) is 2.62. The normalized spacial score (nSPS) is 14.3. The van der Waals surface area contributed by atoms with Gasteiger partial charge in [0.25, 0.3) is 0 Å². The molecule has 3 rings (SSSR count). The molecular formula is C15H19N5. The highest BCUT2D eigenvalue weighted by Crippen LogP contribution is 2.37. The van der Waals surface area contributed by atoms with Crippen molar-refractivity contribution in [3.8, 4) is 0 Å². The summed E-state index contributed by atoms with van der Waals surface area (Å²) in [6.45, 7) is 5.70. The van der Waals surface area contributed by atoms with Gasteiger partial charge in [0.05, 0.1) is 11.4 Å². The van der Waals surface area contributed by atoms with E-state index in [2.05, 4.69) is 51.1 Å². The van der Waals surface area contributed by atoms with Gasteiger partial charge in [0.1, 0.15) is 17.5 Å². The number of likely N-dealkylation sites (N-methyl/N-ethyl adjacent to an activating group) is 1. The van der Waals surface area contributed by atoms with Crippen molar-refractivity contribution in [2.45, 2.75) is 13.8 Å². The monoisotopic (exact) mass is 269 g/mol. The molecule has 104 valence electrons. The van der Waals surface area contributed by atoms with Crippen molar-refractivity contribution in [1.82, 2.24) is 9.97 Å². The minimum absolute atomic E-state index is 0.559. The van der Waals surface area contributed by atoms with Crippen molar-refractivity contribution in [2.75, 3.05) is 35.7 Å². The molecule has 0 bridgehead atoms. The SMILES string of the molecule is Cc1nc(N)c(C)c(N2CCN(C)c3ccccc32)n1. The number of nitrogens with zero attached hydrogens (tertiary/aromatic N) is 4. The zero-order chi connectivity index (χ0) is 14.3. The number of rotatable bonds is 1. The fraction of sp³-hybridized carbons (Fsp3) is 0.333. The molecule has 1 aromatic heterocycles. The van der Waals surface area contributed by atoms with E-state index < -0.39 is 0 Å². The van der Waals surface area contributed by atoms with E-state index in [1.54, 1.807) is 0 Å². The Hall–Kier alpha value is -2.30. The van der Waals surface area contributed by atoms with E-state index in [1.807, 2.05) is 13.8 Å². The lowest BCUT2D eigenvalue weighted by molar-refractivity contribution is 0.806. The number of hydrogen-bond acceptors (Lipinski definition) is 5. The van der Waals surface area contributed by atoms with Crippen LogP contribution in [0.3, 0.4) is 0 Å². The van der Waals surface area contributed by atoms with Gasteiger partial charge in [-0.05, 0) is 26.0 Å². The second-order valence-corrected chi connectivity index (χ2v) is 5.17. The second kappa shape index (κ2) is 4.67. The standard InChI is InChI=1S/C15H19N5/c1-10-14(16)17-11(2)18-15(10)20-9-8-19(3)12-6-4-5-7-13(12)20/h4-7H,8-9H2,1-3H3,(H2,16,17,18). The third kappa shape index (κ3) is 1.95. The van der Waals surface area contributed by atoms with Gasteiger partial charge in [-0.2, -0.15) is 0 Å². The summed E-state index contributed by atoms with van der Waals surface area (Å²) in [7, 11) is 2.11. The predicted octanol–water partition coefficient (Wildman–Crippen LogP) is 2.26. The molecule has 0 aliphatic carbocycles. The van der Waals surface area contributed by atoms with Gasteiger partial charge in [0, 0.05) is 25.7 Å². The van der Waals surface area contributed by atoms with Crippen LogP contribution in [0.4, 0.5) is 23.0 Å². The van der Waals surface area contributed by atoms with Gasteiger partial charge in [-0.25, -0.2) is 9.97 Å². The zero-order valence-electron chi connectivity index (χ0n) is 12.1. The van der Waals surface area contributed by atoms with Crippen LogP contribution in [0.1, 0.15) is 11.4 Å². The highest BCUT2D eigenvalue weighted by Gasteiger charge is 2.24. The van der Waals surface area contributed by atoms with Gasteiger partial charge in [-0.1, -0.05) is 12.1 Å². The number of benzene rings is 1. The van der Waals surface area contributed by atoms with E-state index in [0.717, 1.165) is 24.5 Å². The summed E-state index contributed by atoms with van der Waals surface area (Å²) in [5.74, 6) is 2.18. The highest BCUT2D eigenvalue weighted by molar-refractivity contribution is 5.79. The van der Waals surface area contributed by atoms with E-state index in [-0.39, 0.29) is 0 Å². The number of nitrogen functional groups attached to an aromatic ring is 1. The van der Waals surface area contributed by atoms with E-state index >= 15 is 0 Å². The first-order valence-electron chi connectivity index (χ1n) is 6.76. The molecule has 0 amide bonds. The Morgan fingerprint density at radius 3 is 2.50 bits per heavy atom. The van der Waals surface area contributed by atoms with E-state index in [0.29, 0.717) is 11.6 Å². The highest BCUT2D eigenvalue weighted by atomic mass is 15.3. The fourth-order valence-corrected chi connectivity index (χ4v) is 2.62. The first kappa shape index (κ1) is 12.7. The molecule has 0 spiro atoms. The van der Waals surface area contributed by atoms with Crippen LogP contribution in [0.5, 0.6) is 0 Å². The minimum Gasteiger partial charge on any atom is -0.383 e. The lowest BCUT2D eigenvalue weighted by Gasteiger charge is -2.37. The molecule has 1 aliphatic rings. The first-order valence-corrected chi connectivity index (χ1v) is 6.76. The van der Waals surface area contributed by atoms with Crippen molar-refractivity contribution in [1.29, 1.82) is 0 Å². The Morgan fingerprint density at radius 2 is 1.75 bits per heavy atom. The number of para-hydroxylation sites is 2. The summed E-state index contributed by atoms with van der Waals surface area (Å²) in [5, 5.41) is 0. The zero-order valence-corrected chi connectivity index (χ0v) is 12.1. The maximum absolute atomic E-state index is 5.99. The largest absolute Gasteiger partial charge is 0.383 e. The van der Waals surface area contributed by atoms with Crippen LogP contribution >= 0.6 is 0 Å². The lowest BCUT2D eigenvalue weighted by Crippen LogP contribution is -2.37. The average Bonchev–Trinajstić information content (AvgIpc) is 2.44. The number of anilines is 4. The number of aromatic nitrogens is 2. The van der Waals surface area contributed by atoms with Crippen molar-refractivity contribution >= 4 is 23.0 Å². The molecular weight excluding hydrogens is 250 g/mol. The van der Waals surface area contributed by atoms with Crippen LogP contribution in [0.15, 0.2) is 24.3 Å². The molecule has 20 heavy (non-hydrogen) atoms. The van der Waals surface area contributed by atoms with Crippen LogP contribution in [-0.2, 0) is 0 Å². The Kier molecular flexibility index (Phi) is 2.97. The molecule has 1 aliphatic heterocycles. The third-order valence-electron chi connectivity index (χ3n) is 3.77. The van der Waals surface area contributed by atoms with Crippen molar-refractivity contribution in [3.05, 3.63) is 35.7 Å². The Bertz CT molecular complexity index is 653. The third-order valence-corrected chi connectivity index (χ3v) is 3.77. The van der Waals surface area contributed by atoms with Gasteiger partial charge < -0.3 is 15.5 Å². The number of nitrogens with two attached hydrogens (primary N) is 1. The number of aryl methyl sites for hydroxylation is 1. The van der Waals surface area contributed by atoms with Gasteiger partial charge in [0.2, 0.25) is 0 Å². The average molecular weight is 269 g/mol. The predicted molar refractivity (Wildman–Crippen MR) is 82.6 cm³/mol. The van der Waals surface area contributed by atoms with Gasteiger partial charge in [0.15, 0.2) is 0 Å². The van der Waals surface area contributed by atoms with Gasteiger partial charge >= 0.3 is 0 Å². The molecule has 0 fully saturated rings. The van der Waals surface area contributed by atoms with Crippen molar-refractivity contribution in [3.63, 3.8) is 0 Å². The summed E-state index contributed by atoms with van der Waals surface area (Å²) in [6, 6.07) is 8.37. The molecule has 2 heterocycles. The Morgan fingerprint density at radius 1 is 1.05 bits per heavy atom. The molecule has 5 nitrogen and oxygen atoms in total. The first-order chi connectivity index (χ1) is 9.58. The molecule has 0 saturated carbocycles. The molecule has 0 unspecified atom stereocenters. The molecule has 5 heteroatoms. The van der Waals surface area contributed by atoms with Crippen molar-refractivity contribution in [2.24, 2.45) is 0 Å². The number of fused-ring (bicyclic) bond motifs is 1. The molecule has 2 N–H and O–H groups in total. The van der Waals surface area contributed by atoms with Crippen LogP contribution < -0.4 is 15.5 Å². The molecule has 0 atom stereocenters. The van der Waals surface area contributed by atoms with Crippen LogP contribution in [0, 0.1) is 13.8 Å². The quantitative estimate of drug-likeness (QED) is 0.860. The van der Waals surface area contributed by atoms with Gasteiger partial charge in [-0.3, -0.25) is 0 Å². The van der Waals surface area contributed by atoms with Crippen LogP contribution in [-0.4, -0.2) is 30.1 Å². The van der Waals surface area contributed by atoms with E-state index in [4.69, 9.17) is 5.73 Å². The van der Waals surface area contributed by atoms with E-state index in [1.165, 1.54) is 11.4 Å². The molecule has 0 saturated heterocycles. The van der Waals surface area contributed by atoms with Crippen LogP contribution in [0.2, 0.25) is 0 Å². The summed E-state index contributed by atoms with van der Waals surface area (Å²) >= 11 is 0. The molecule has 0 radical (unpaired) electrons. The van der Waals surface area contributed by atoms with E-state index in [9.17, 15) is 0 Å². The van der Waals surface area contributed by atoms with Crippen molar-refractivity contribution < 1.29 is 0 Å². The second-order valence-electron chi connectivity index (χ2n) is 5.17. The number of hydrogen-bond donors (Lipinski definition) is 1. The summed E-state index contributed by atoms with van der Waals surface area (Å²) in [4.78, 5) is 13.3. The summed E-state index contributed by atoms with van der Waals surface area (Å²) in [6.07, 6.45) is 0. The topological polar surface area (TPSA) is 58.3 Å².